The Labute approximate surface area is 48.9 Å². The van der Waals surface area contributed by atoms with Crippen LogP contribution in [-0.2, 0) is 0 Å². The number of nitrogens with two attached hydrogens (primary N) is 1. The molecular formula is C7H7N. The lowest BCUT2D eigenvalue weighted by Crippen LogP contribution is -1.89. The lowest BCUT2D eigenvalue weighted by Gasteiger charge is -1.81. The van der Waals surface area contributed by atoms with Gasteiger partial charge in [-0.2, -0.15) is 0 Å². The average molecular weight is 105 g/mol. The number of hydrogen-bond donors (Lipinski definition) is 1. The second-order valence-electron chi connectivity index (χ2n) is 1.57. The van der Waals surface area contributed by atoms with Gasteiger partial charge in [-0.15, -0.1) is 0 Å². The van der Waals surface area contributed by atoms with Crippen LogP contribution in [0, 0.1) is 11.8 Å². The highest BCUT2D eigenvalue weighted by molar-refractivity contribution is 5.30. The van der Waals surface area contributed by atoms with Crippen LogP contribution in [0.15, 0.2) is 23.9 Å². The van der Waals surface area contributed by atoms with E-state index in [0.29, 0.717) is 0 Å². The zero-order valence-electron chi connectivity index (χ0n) is 4.52. The summed E-state index contributed by atoms with van der Waals surface area (Å²) in [4.78, 5) is 0. The maximum absolute atomic E-state index is 5.41. The van der Waals surface area contributed by atoms with Gasteiger partial charge in [0, 0.05) is 18.2 Å². The second kappa shape index (κ2) is 2.23. The molecule has 0 saturated carbocycles. The van der Waals surface area contributed by atoms with E-state index >= 15 is 0 Å². The topological polar surface area (TPSA) is 26.0 Å². The first-order valence-corrected chi connectivity index (χ1v) is 2.50. The van der Waals surface area contributed by atoms with Crippen molar-refractivity contribution in [3.8, 4) is 11.8 Å². The summed E-state index contributed by atoms with van der Waals surface area (Å²) in [6.07, 6.45) is 6.33. The van der Waals surface area contributed by atoms with Gasteiger partial charge in [-0.05, 0) is 6.08 Å². The third kappa shape index (κ3) is 1.16. The van der Waals surface area contributed by atoms with Crippen LogP contribution in [-0.4, -0.2) is 0 Å². The molecule has 1 heteroatoms. The number of hydrogen-bond acceptors (Lipinski definition) is 1. The van der Waals surface area contributed by atoms with E-state index in [1.54, 1.807) is 6.08 Å². The molecular weight excluding hydrogens is 98.1 g/mol. The van der Waals surface area contributed by atoms with E-state index in [4.69, 9.17) is 5.73 Å². The first-order chi connectivity index (χ1) is 3.89. The number of allylic oxidation sites excluding steroid dienone is 3. The van der Waals surface area contributed by atoms with Crippen LogP contribution in [0.5, 0.6) is 0 Å². The predicted octanol–water partition coefficient (Wildman–Crippen LogP) is 0.792. The van der Waals surface area contributed by atoms with E-state index < -0.39 is 0 Å². The van der Waals surface area contributed by atoms with E-state index in [9.17, 15) is 0 Å². The van der Waals surface area contributed by atoms with Crippen molar-refractivity contribution in [3.05, 3.63) is 23.9 Å². The zero-order chi connectivity index (χ0) is 5.82. The van der Waals surface area contributed by atoms with Crippen molar-refractivity contribution in [1.82, 2.24) is 0 Å². The molecule has 8 heavy (non-hydrogen) atoms. The molecule has 0 heterocycles. The summed E-state index contributed by atoms with van der Waals surface area (Å²) in [7, 11) is 0. The van der Waals surface area contributed by atoms with E-state index in [1.165, 1.54) is 0 Å². The average Bonchev–Trinajstić information content (AvgIpc) is 1.94. The molecule has 0 atom stereocenters. The lowest BCUT2D eigenvalue weighted by atomic mass is 10.4. The molecule has 0 saturated heterocycles. The molecule has 1 aliphatic rings. The van der Waals surface area contributed by atoms with E-state index in [1.807, 2.05) is 12.2 Å². The summed E-state index contributed by atoms with van der Waals surface area (Å²) < 4.78 is 0. The highest BCUT2D eigenvalue weighted by Crippen LogP contribution is 1.91. The molecule has 0 aromatic carbocycles. The van der Waals surface area contributed by atoms with Crippen molar-refractivity contribution in [3.63, 3.8) is 0 Å². The fraction of sp³-hybridized carbons (Fsp3) is 0.143. The first-order valence-electron chi connectivity index (χ1n) is 2.50. The highest BCUT2D eigenvalue weighted by Gasteiger charge is 1.80. The normalized spacial score (nSPS) is 15.8. The van der Waals surface area contributed by atoms with Crippen LogP contribution in [0.1, 0.15) is 6.42 Å². The largest absolute Gasteiger partial charge is 0.398 e. The number of rotatable bonds is 0. The lowest BCUT2D eigenvalue weighted by molar-refractivity contribution is 1.40. The quantitative estimate of drug-likeness (QED) is 0.453. The Kier molecular flexibility index (Phi) is 1.39. The van der Waals surface area contributed by atoms with Crippen molar-refractivity contribution >= 4 is 0 Å². The molecule has 0 aromatic heterocycles. The monoisotopic (exact) mass is 105 g/mol. The first kappa shape index (κ1) is 4.99. The van der Waals surface area contributed by atoms with E-state index in [-0.39, 0.29) is 0 Å². The van der Waals surface area contributed by atoms with E-state index in [0.717, 1.165) is 12.1 Å². The van der Waals surface area contributed by atoms with Gasteiger partial charge in [0.2, 0.25) is 0 Å². The zero-order valence-corrected chi connectivity index (χ0v) is 4.52. The second-order valence-corrected chi connectivity index (χ2v) is 1.57. The molecule has 0 amide bonds. The minimum absolute atomic E-state index is 0.745. The highest BCUT2D eigenvalue weighted by atomic mass is 14.5. The predicted molar refractivity (Wildman–Crippen MR) is 33.8 cm³/mol. The summed E-state index contributed by atoms with van der Waals surface area (Å²) in [6.45, 7) is 0. The maximum Gasteiger partial charge on any atom is 0.0395 e. The van der Waals surface area contributed by atoms with Crippen molar-refractivity contribution in [2.24, 2.45) is 5.73 Å². The third-order valence-corrected chi connectivity index (χ3v) is 0.871. The van der Waals surface area contributed by atoms with Crippen LogP contribution in [0.3, 0.4) is 0 Å². The van der Waals surface area contributed by atoms with Crippen molar-refractivity contribution < 1.29 is 0 Å². The van der Waals surface area contributed by atoms with Gasteiger partial charge in [0.1, 0.15) is 0 Å². The van der Waals surface area contributed by atoms with Gasteiger partial charge in [-0.3, -0.25) is 0 Å². The van der Waals surface area contributed by atoms with Gasteiger partial charge < -0.3 is 5.73 Å². The Morgan fingerprint density at radius 3 is 3.38 bits per heavy atom. The molecule has 0 unspecified atom stereocenters. The molecule has 1 rings (SSSR count). The molecule has 2 N–H and O–H groups in total. The van der Waals surface area contributed by atoms with Crippen molar-refractivity contribution in [1.29, 1.82) is 0 Å². The Morgan fingerprint density at radius 1 is 1.62 bits per heavy atom. The minimum Gasteiger partial charge on any atom is -0.398 e. The molecule has 0 aliphatic heterocycles. The minimum atomic E-state index is 0.745. The molecule has 40 valence electrons. The van der Waals surface area contributed by atoms with Crippen molar-refractivity contribution in [2.75, 3.05) is 0 Å². The van der Waals surface area contributed by atoms with Gasteiger partial charge in [0.05, 0.1) is 0 Å². The molecule has 1 nitrogen and oxygen atoms in total. The van der Waals surface area contributed by atoms with Gasteiger partial charge in [-0.25, -0.2) is 0 Å². The van der Waals surface area contributed by atoms with Crippen LogP contribution < -0.4 is 5.73 Å². The van der Waals surface area contributed by atoms with Gasteiger partial charge >= 0.3 is 0 Å². The fourth-order valence-electron chi connectivity index (χ4n) is 0.495. The molecule has 0 radical (unpaired) electrons. The molecule has 0 spiro atoms. The Hall–Kier alpha value is -1.16. The third-order valence-electron chi connectivity index (χ3n) is 0.871. The standard InChI is InChI=1S/C7H7N/c8-7-5-3-1-2-4-6-7/h3,5-6H,1,8H2. The SMILES string of the molecule is NC1=CC#CCC=C1. The maximum atomic E-state index is 5.41. The summed E-state index contributed by atoms with van der Waals surface area (Å²) in [5, 5.41) is 0. The summed E-state index contributed by atoms with van der Waals surface area (Å²) in [5.74, 6) is 5.68. The molecule has 0 fully saturated rings. The van der Waals surface area contributed by atoms with Crippen LogP contribution in [0.2, 0.25) is 0 Å². The van der Waals surface area contributed by atoms with Crippen molar-refractivity contribution in [2.45, 2.75) is 6.42 Å². The summed E-state index contributed by atoms with van der Waals surface area (Å²) >= 11 is 0. The smallest absolute Gasteiger partial charge is 0.0395 e. The van der Waals surface area contributed by atoms with Gasteiger partial charge in [0.25, 0.3) is 0 Å². The van der Waals surface area contributed by atoms with Crippen LogP contribution in [0.25, 0.3) is 0 Å². The molecule has 0 aromatic rings. The van der Waals surface area contributed by atoms with Crippen LogP contribution >= 0.6 is 0 Å². The van der Waals surface area contributed by atoms with Crippen LogP contribution in [0.4, 0.5) is 0 Å². The van der Waals surface area contributed by atoms with Gasteiger partial charge in [0.15, 0.2) is 0 Å². The molecule has 1 aliphatic carbocycles. The summed E-state index contributed by atoms with van der Waals surface area (Å²) in [5.41, 5.74) is 6.15. The Bertz CT molecular complexity index is 188. The fourth-order valence-corrected chi connectivity index (χ4v) is 0.495. The summed E-state index contributed by atoms with van der Waals surface area (Å²) in [6, 6.07) is 0. The Morgan fingerprint density at radius 2 is 2.50 bits per heavy atom. The Balaban J connectivity index is 2.79. The van der Waals surface area contributed by atoms with Gasteiger partial charge in [-0.1, -0.05) is 17.9 Å². The van der Waals surface area contributed by atoms with E-state index in [2.05, 4.69) is 11.8 Å². The molecule has 0 bridgehead atoms.